The molecule has 2 fully saturated rings. The zero-order valence-corrected chi connectivity index (χ0v) is 9.24. The van der Waals surface area contributed by atoms with Crippen LogP contribution in [-0.2, 0) is 19.1 Å². The summed E-state index contributed by atoms with van der Waals surface area (Å²) in [6, 6.07) is 0. The van der Waals surface area contributed by atoms with Crippen LogP contribution >= 0.6 is 11.8 Å². The third-order valence-electron chi connectivity index (χ3n) is 2.71. The van der Waals surface area contributed by atoms with Gasteiger partial charge in [0.2, 0.25) is 5.91 Å². The van der Waals surface area contributed by atoms with Crippen LogP contribution in [0.3, 0.4) is 0 Å². The number of hydrogen-bond donors (Lipinski definition) is 0. The highest BCUT2D eigenvalue weighted by molar-refractivity contribution is 8.01. The Morgan fingerprint density at radius 1 is 1.53 bits per heavy atom. The van der Waals surface area contributed by atoms with Crippen molar-refractivity contribution in [1.29, 1.82) is 0 Å². The summed E-state index contributed by atoms with van der Waals surface area (Å²) in [5, 5.41) is -0.493. The van der Waals surface area contributed by atoms with E-state index in [1.165, 1.54) is 25.8 Å². The third-order valence-corrected chi connectivity index (χ3v) is 4.19. The first kappa shape index (κ1) is 10.5. The fourth-order valence-electron chi connectivity index (χ4n) is 1.90. The summed E-state index contributed by atoms with van der Waals surface area (Å²) in [4.78, 5) is 35.4. The number of hydrogen-bond acceptors (Lipinski definition) is 5. The lowest BCUT2D eigenvalue weighted by atomic mass is 9.94. The topological polar surface area (TPSA) is 63.7 Å². The molecule has 0 aromatic rings. The highest BCUT2D eigenvalue weighted by Crippen LogP contribution is 2.44. The molecule has 0 spiro atoms. The lowest BCUT2D eigenvalue weighted by molar-refractivity contribution is -0.154. The monoisotopic (exact) mass is 229 g/mol. The second kappa shape index (κ2) is 3.52. The molecule has 0 bridgehead atoms. The molecular formula is C9H11NO4S. The molecule has 2 rings (SSSR count). The Kier molecular flexibility index (Phi) is 2.46. The van der Waals surface area contributed by atoms with Gasteiger partial charge in [-0.25, -0.2) is 0 Å². The van der Waals surface area contributed by atoms with Gasteiger partial charge in [0.05, 0.1) is 12.5 Å². The highest BCUT2D eigenvalue weighted by atomic mass is 32.2. The molecule has 2 heterocycles. The summed E-state index contributed by atoms with van der Waals surface area (Å²) in [5.74, 6) is -1.17. The number of carbonyl (C=O) groups excluding carboxylic acids is 3. The summed E-state index contributed by atoms with van der Waals surface area (Å²) in [5.41, 5.74) is 0. The molecule has 2 aliphatic heterocycles. The molecule has 3 atom stereocenters. The predicted molar refractivity (Wildman–Crippen MR) is 53.1 cm³/mol. The number of rotatable bonds is 2. The molecule has 0 aliphatic carbocycles. The van der Waals surface area contributed by atoms with Crippen molar-refractivity contribution < 1.29 is 19.1 Å². The van der Waals surface area contributed by atoms with Gasteiger partial charge < -0.3 is 9.64 Å². The van der Waals surface area contributed by atoms with Gasteiger partial charge in [0.15, 0.2) is 0 Å². The van der Waals surface area contributed by atoms with E-state index in [0.717, 1.165) is 0 Å². The molecule has 5 nitrogen and oxygen atoms in total. The third kappa shape index (κ3) is 1.43. The number of ketones is 1. The fourth-order valence-corrected chi connectivity index (χ4v) is 3.49. The molecule has 2 saturated heterocycles. The van der Waals surface area contributed by atoms with Crippen molar-refractivity contribution in [3.63, 3.8) is 0 Å². The van der Waals surface area contributed by atoms with Crippen LogP contribution in [0.15, 0.2) is 0 Å². The Balaban J connectivity index is 2.07. The van der Waals surface area contributed by atoms with Gasteiger partial charge in [-0.1, -0.05) is 0 Å². The summed E-state index contributed by atoms with van der Waals surface area (Å²) in [7, 11) is 1.32. The number of methoxy groups -OCH3 is 1. The van der Waals surface area contributed by atoms with Crippen molar-refractivity contribution >= 4 is 29.4 Å². The van der Waals surface area contributed by atoms with Crippen molar-refractivity contribution in [3.8, 4) is 0 Å². The van der Waals surface area contributed by atoms with Crippen LogP contribution < -0.4 is 0 Å². The van der Waals surface area contributed by atoms with Crippen molar-refractivity contribution in [2.24, 2.45) is 5.92 Å². The van der Waals surface area contributed by atoms with Gasteiger partial charge >= 0.3 is 5.97 Å². The Hall–Kier alpha value is -1.04. The highest BCUT2D eigenvalue weighted by Gasteiger charge is 2.56. The van der Waals surface area contributed by atoms with Gasteiger partial charge in [0.25, 0.3) is 0 Å². The average Bonchev–Trinajstić information content (AvgIpc) is 2.55. The molecule has 2 aliphatic rings. The molecule has 0 N–H and O–H groups in total. The average molecular weight is 229 g/mol. The van der Waals surface area contributed by atoms with Gasteiger partial charge in [-0.05, 0) is 6.92 Å². The number of carbonyl (C=O) groups is 3. The number of Topliss-reactive ketones (excluding diaryl/α,β-unsaturated/α-hetero) is 1. The van der Waals surface area contributed by atoms with E-state index in [1.807, 2.05) is 0 Å². The number of thioether (sulfide) groups is 1. The lowest BCUT2D eigenvalue weighted by Gasteiger charge is -2.39. The van der Waals surface area contributed by atoms with Gasteiger partial charge in [-0.3, -0.25) is 14.4 Å². The summed E-state index contributed by atoms with van der Waals surface area (Å²) in [6.07, 6.45) is 0. The first-order valence-corrected chi connectivity index (χ1v) is 5.54. The van der Waals surface area contributed by atoms with Gasteiger partial charge in [-0.15, -0.1) is 11.8 Å². The SMILES string of the molecule is COC(=O)[C@@H]1CN2C(=O)[C@H](C(C)=O)[C@H]2S1. The molecule has 0 saturated carbocycles. The molecule has 6 heteroatoms. The van der Waals surface area contributed by atoms with E-state index in [1.54, 1.807) is 4.90 Å². The number of β-lactam (4-membered cyclic amide) rings is 1. The quantitative estimate of drug-likeness (QED) is 0.368. The molecule has 0 aromatic heterocycles. The molecular weight excluding hydrogens is 218 g/mol. The van der Waals surface area contributed by atoms with Crippen molar-refractivity contribution in [2.45, 2.75) is 17.5 Å². The van der Waals surface area contributed by atoms with Crippen molar-refractivity contribution in [2.75, 3.05) is 13.7 Å². The standard InChI is InChI=1S/C9H11NO4S/c1-4(11)6-7(12)10-3-5(9(13)14-2)15-8(6)10/h5-6,8H,3H2,1-2H3/t5-,6-,8+/m0/s1. The van der Waals surface area contributed by atoms with Crippen LogP contribution in [-0.4, -0.2) is 46.8 Å². The maximum Gasteiger partial charge on any atom is 0.320 e. The zero-order chi connectivity index (χ0) is 11.2. The summed E-state index contributed by atoms with van der Waals surface area (Å²) in [6.45, 7) is 1.77. The molecule has 0 radical (unpaired) electrons. The van der Waals surface area contributed by atoms with E-state index in [9.17, 15) is 14.4 Å². The number of ether oxygens (including phenoxy) is 1. The summed E-state index contributed by atoms with van der Waals surface area (Å²) >= 11 is 1.34. The fraction of sp³-hybridized carbons (Fsp3) is 0.667. The van der Waals surface area contributed by atoms with E-state index in [4.69, 9.17) is 0 Å². The second-order valence-corrected chi connectivity index (χ2v) is 4.94. The van der Waals surface area contributed by atoms with Crippen LogP contribution in [0.5, 0.6) is 0 Å². The number of nitrogens with zero attached hydrogens (tertiary/aromatic N) is 1. The number of fused-ring (bicyclic) bond motifs is 1. The van der Waals surface area contributed by atoms with Crippen molar-refractivity contribution in [3.05, 3.63) is 0 Å². The minimum atomic E-state index is -0.551. The predicted octanol–water partition coefficient (Wildman–Crippen LogP) is -0.352. The van der Waals surface area contributed by atoms with Crippen LogP contribution in [0.25, 0.3) is 0 Å². The van der Waals surface area contributed by atoms with E-state index in [-0.39, 0.29) is 28.3 Å². The van der Waals surface area contributed by atoms with Crippen LogP contribution in [0.2, 0.25) is 0 Å². The number of esters is 1. The normalized spacial score (nSPS) is 33.3. The van der Waals surface area contributed by atoms with Crippen molar-refractivity contribution in [1.82, 2.24) is 4.90 Å². The maximum atomic E-state index is 11.5. The van der Waals surface area contributed by atoms with Crippen LogP contribution in [0.4, 0.5) is 0 Å². The molecule has 15 heavy (non-hydrogen) atoms. The van der Waals surface area contributed by atoms with Gasteiger partial charge in [-0.2, -0.15) is 0 Å². The molecule has 82 valence electrons. The first-order valence-electron chi connectivity index (χ1n) is 4.60. The zero-order valence-electron chi connectivity index (χ0n) is 8.43. The number of amides is 1. The minimum Gasteiger partial charge on any atom is -0.468 e. The molecule has 0 unspecified atom stereocenters. The van der Waals surface area contributed by atoms with E-state index < -0.39 is 5.92 Å². The van der Waals surface area contributed by atoms with Gasteiger partial charge in [0.1, 0.15) is 17.0 Å². The smallest absolute Gasteiger partial charge is 0.320 e. The maximum absolute atomic E-state index is 11.5. The second-order valence-electron chi connectivity index (χ2n) is 3.62. The lowest BCUT2D eigenvalue weighted by Crippen LogP contribution is -2.59. The molecule has 1 amide bonds. The first-order chi connectivity index (χ1) is 7.06. The van der Waals surface area contributed by atoms with Gasteiger partial charge in [0, 0.05) is 6.54 Å². The van der Waals surface area contributed by atoms with E-state index in [2.05, 4.69) is 4.74 Å². The summed E-state index contributed by atoms with van der Waals surface area (Å²) < 4.78 is 4.61. The minimum absolute atomic E-state index is 0.126. The van der Waals surface area contributed by atoms with E-state index >= 15 is 0 Å². The Labute approximate surface area is 91.1 Å². The Morgan fingerprint density at radius 2 is 2.20 bits per heavy atom. The largest absolute Gasteiger partial charge is 0.468 e. The Morgan fingerprint density at radius 3 is 2.73 bits per heavy atom. The van der Waals surface area contributed by atoms with E-state index in [0.29, 0.717) is 6.54 Å². The molecule has 0 aromatic carbocycles. The Bertz CT molecular complexity index is 343. The van der Waals surface area contributed by atoms with Crippen LogP contribution in [0, 0.1) is 5.92 Å². The van der Waals surface area contributed by atoms with Crippen LogP contribution in [0.1, 0.15) is 6.92 Å².